The van der Waals surface area contributed by atoms with Crippen LogP contribution in [-0.2, 0) is 9.53 Å². The Bertz CT molecular complexity index is 1000. The molecule has 0 bridgehead atoms. The summed E-state index contributed by atoms with van der Waals surface area (Å²) in [6.45, 7) is 0. The minimum Gasteiger partial charge on any atom is -0.493 e. The van der Waals surface area contributed by atoms with Crippen molar-refractivity contribution in [3.05, 3.63) is 53.2 Å². The van der Waals surface area contributed by atoms with Gasteiger partial charge in [-0.3, -0.25) is 0 Å². The standard InChI is InChI=1S/C20H16F3NO6/c1-26-15-9-12(10-16(27-2)17(15)28-3)18-24-13(19(25)29-18)8-11-6-4-5-7-14(11)30-20(21,22)23/h4-10H,1-3H3/b13-8-. The van der Waals surface area contributed by atoms with Gasteiger partial charge < -0.3 is 23.7 Å². The van der Waals surface area contributed by atoms with Gasteiger partial charge in [-0.15, -0.1) is 13.2 Å². The fourth-order valence-electron chi connectivity index (χ4n) is 2.70. The topological polar surface area (TPSA) is 75.6 Å². The molecule has 0 spiro atoms. The highest BCUT2D eigenvalue weighted by Crippen LogP contribution is 2.39. The Morgan fingerprint density at radius 2 is 1.60 bits per heavy atom. The number of methoxy groups -OCH3 is 3. The Hall–Kier alpha value is -3.69. The zero-order valence-electron chi connectivity index (χ0n) is 16.1. The number of carbonyl (C=O) groups is 1. The molecule has 1 aliphatic rings. The monoisotopic (exact) mass is 423 g/mol. The quantitative estimate of drug-likeness (QED) is 0.517. The summed E-state index contributed by atoms with van der Waals surface area (Å²) in [6, 6.07) is 8.41. The van der Waals surface area contributed by atoms with Gasteiger partial charge in [-0.1, -0.05) is 18.2 Å². The lowest BCUT2D eigenvalue weighted by Gasteiger charge is -2.13. The predicted octanol–water partition coefficient (Wildman–Crippen LogP) is 3.96. The van der Waals surface area contributed by atoms with Crippen LogP contribution in [0, 0.1) is 0 Å². The van der Waals surface area contributed by atoms with E-state index in [1.54, 1.807) is 0 Å². The first-order chi connectivity index (χ1) is 14.3. The summed E-state index contributed by atoms with van der Waals surface area (Å²) in [4.78, 5) is 16.3. The summed E-state index contributed by atoms with van der Waals surface area (Å²) in [5.74, 6) is -0.413. The Labute approximate surface area is 169 Å². The summed E-state index contributed by atoms with van der Waals surface area (Å²) in [7, 11) is 4.29. The third-order valence-electron chi connectivity index (χ3n) is 3.97. The van der Waals surface area contributed by atoms with Gasteiger partial charge in [0.25, 0.3) is 0 Å². The van der Waals surface area contributed by atoms with Crippen LogP contribution in [-0.4, -0.2) is 39.6 Å². The Morgan fingerprint density at radius 3 is 2.17 bits per heavy atom. The van der Waals surface area contributed by atoms with Gasteiger partial charge in [0.2, 0.25) is 11.6 Å². The van der Waals surface area contributed by atoms with Crippen molar-refractivity contribution in [2.45, 2.75) is 6.36 Å². The Morgan fingerprint density at radius 1 is 0.967 bits per heavy atom. The van der Waals surface area contributed by atoms with Crippen molar-refractivity contribution in [2.75, 3.05) is 21.3 Å². The first-order valence-corrected chi connectivity index (χ1v) is 8.43. The van der Waals surface area contributed by atoms with Crippen LogP contribution >= 0.6 is 0 Å². The average molecular weight is 423 g/mol. The third-order valence-corrected chi connectivity index (χ3v) is 3.97. The van der Waals surface area contributed by atoms with Crippen LogP contribution in [0.1, 0.15) is 11.1 Å². The zero-order chi connectivity index (χ0) is 21.9. The number of cyclic esters (lactones) is 1. The molecule has 0 N–H and O–H groups in total. The average Bonchev–Trinajstić information content (AvgIpc) is 3.07. The number of esters is 1. The van der Waals surface area contributed by atoms with E-state index < -0.39 is 18.1 Å². The van der Waals surface area contributed by atoms with Crippen molar-refractivity contribution in [3.63, 3.8) is 0 Å². The number of alkyl halides is 3. The van der Waals surface area contributed by atoms with Gasteiger partial charge in [0.05, 0.1) is 21.3 Å². The molecule has 0 unspecified atom stereocenters. The van der Waals surface area contributed by atoms with Crippen LogP contribution in [0.25, 0.3) is 6.08 Å². The number of carbonyl (C=O) groups excluding carboxylic acids is 1. The van der Waals surface area contributed by atoms with Crippen molar-refractivity contribution < 1.29 is 41.7 Å². The van der Waals surface area contributed by atoms with Crippen LogP contribution in [0.15, 0.2) is 47.1 Å². The lowest BCUT2D eigenvalue weighted by atomic mass is 10.1. The van der Waals surface area contributed by atoms with Crippen LogP contribution in [0.3, 0.4) is 0 Å². The van der Waals surface area contributed by atoms with E-state index in [2.05, 4.69) is 9.73 Å². The van der Waals surface area contributed by atoms with E-state index in [-0.39, 0.29) is 17.2 Å². The second kappa shape index (κ2) is 8.36. The minimum atomic E-state index is -4.88. The number of nitrogens with zero attached hydrogens (tertiary/aromatic N) is 1. The lowest BCUT2D eigenvalue weighted by molar-refractivity contribution is -0.274. The van der Waals surface area contributed by atoms with Crippen LogP contribution in [0.4, 0.5) is 13.2 Å². The molecule has 0 aliphatic carbocycles. The molecule has 0 amide bonds. The molecule has 2 aromatic rings. The van der Waals surface area contributed by atoms with Gasteiger partial charge in [0, 0.05) is 11.1 Å². The molecule has 0 atom stereocenters. The van der Waals surface area contributed by atoms with E-state index in [0.29, 0.717) is 22.8 Å². The molecule has 1 aliphatic heterocycles. The highest BCUT2D eigenvalue weighted by molar-refractivity contribution is 6.13. The number of rotatable bonds is 6. The van der Waals surface area contributed by atoms with Crippen molar-refractivity contribution in [3.8, 4) is 23.0 Å². The number of hydrogen-bond acceptors (Lipinski definition) is 7. The van der Waals surface area contributed by atoms with E-state index >= 15 is 0 Å². The van der Waals surface area contributed by atoms with Crippen LogP contribution in [0.2, 0.25) is 0 Å². The summed E-state index contributed by atoms with van der Waals surface area (Å²) in [5.41, 5.74) is 0.162. The molecular weight excluding hydrogens is 407 g/mol. The highest BCUT2D eigenvalue weighted by Gasteiger charge is 2.32. The van der Waals surface area contributed by atoms with Crippen molar-refractivity contribution in [2.24, 2.45) is 4.99 Å². The molecule has 0 saturated carbocycles. The van der Waals surface area contributed by atoms with Gasteiger partial charge in [-0.2, -0.15) is 0 Å². The molecule has 0 fully saturated rings. The summed E-state index contributed by atoms with van der Waals surface area (Å²) in [6.07, 6.45) is -3.73. The second-order valence-corrected chi connectivity index (χ2v) is 5.84. The molecule has 3 rings (SSSR count). The van der Waals surface area contributed by atoms with E-state index in [1.807, 2.05) is 0 Å². The second-order valence-electron chi connectivity index (χ2n) is 5.84. The maximum absolute atomic E-state index is 12.6. The number of halogens is 3. The van der Waals surface area contributed by atoms with E-state index in [9.17, 15) is 18.0 Å². The normalized spacial score (nSPS) is 14.9. The molecule has 7 nitrogen and oxygen atoms in total. The fourth-order valence-corrected chi connectivity index (χ4v) is 2.70. The van der Waals surface area contributed by atoms with E-state index in [0.717, 1.165) is 12.1 Å². The van der Waals surface area contributed by atoms with Crippen molar-refractivity contribution >= 4 is 17.9 Å². The van der Waals surface area contributed by atoms with Crippen molar-refractivity contribution in [1.82, 2.24) is 0 Å². The zero-order valence-corrected chi connectivity index (χ0v) is 16.1. The number of benzene rings is 2. The lowest BCUT2D eigenvalue weighted by Crippen LogP contribution is -2.17. The molecule has 158 valence electrons. The van der Waals surface area contributed by atoms with Gasteiger partial charge >= 0.3 is 12.3 Å². The summed E-state index contributed by atoms with van der Waals surface area (Å²) in [5, 5.41) is 0. The molecule has 0 radical (unpaired) electrons. The Balaban J connectivity index is 2.01. The maximum atomic E-state index is 12.6. The number of aliphatic imine (C=N–C) groups is 1. The smallest absolute Gasteiger partial charge is 0.493 e. The molecule has 30 heavy (non-hydrogen) atoms. The molecule has 2 aromatic carbocycles. The van der Waals surface area contributed by atoms with Crippen molar-refractivity contribution in [1.29, 1.82) is 0 Å². The fraction of sp³-hybridized carbons (Fsp3) is 0.200. The highest BCUT2D eigenvalue weighted by atomic mass is 19.4. The van der Waals surface area contributed by atoms with Gasteiger partial charge in [-0.25, -0.2) is 9.79 Å². The summed E-state index contributed by atoms with van der Waals surface area (Å²) < 4.78 is 62.7. The van der Waals surface area contributed by atoms with Crippen LogP contribution in [0.5, 0.6) is 23.0 Å². The third kappa shape index (κ3) is 4.48. The minimum absolute atomic E-state index is 0.0108. The number of hydrogen-bond donors (Lipinski definition) is 0. The van der Waals surface area contributed by atoms with Crippen LogP contribution < -0.4 is 18.9 Å². The molecule has 0 saturated heterocycles. The molecule has 1 heterocycles. The SMILES string of the molecule is COc1cc(C2=N/C(=C\c3ccccc3OC(F)(F)F)C(=O)O2)cc(OC)c1OC. The van der Waals surface area contributed by atoms with E-state index in [4.69, 9.17) is 18.9 Å². The maximum Gasteiger partial charge on any atom is 0.573 e. The Kier molecular flexibility index (Phi) is 5.86. The first-order valence-electron chi connectivity index (χ1n) is 8.43. The molecule has 10 heteroatoms. The van der Waals surface area contributed by atoms with Gasteiger partial charge in [0.15, 0.2) is 17.2 Å². The summed E-state index contributed by atoms with van der Waals surface area (Å²) >= 11 is 0. The predicted molar refractivity (Wildman–Crippen MR) is 99.8 cm³/mol. The van der Waals surface area contributed by atoms with E-state index in [1.165, 1.54) is 51.7 Å². The largest absolute Gasteiger partial charge is 0.573 e. The van der Waals surface area contributed by atoms with Gasteiger partial charge in [0.1, 0.15) is 5.75 Å². The first kappa shape index (κ1) is 21.0. The number of para-hydroxylation sites is 1. The molecule has 0 aromatic heterocycles. The molecular formula is C20H16F3NO6. The van der Waals surface area contributed by atoms with Gasteiger partial charge in [-0.05, 0) is 24.3 Å². The number of ether oxygens (including phenoxy) is 5.